The van der Waals surface area contributed by atoms with Gasteiger partial charge < -0.3 is 30.7 Å². The highest BCUT2D eigenvalue weighted by Crippen LogP contribution is 2.23. The number of amides is 1. The zero-order chi connectivity index (χ0) is 22.9. The molecule has 1 aliphatic carbocycles. The number of ether oxygens (including phenoxy) is 1. The van der Waals surface area contributed by atoms with Gasteiger partial charge in [-0.15, -0.1) is 0 Å². The first-order chi connectivity index (χ1) is 15.4. The molecule has 0 aromatic carbocycles. The number of carboxylic acids is 1. The fourth-order valence-corrected chi connectivity index (χ4v) is 5.05. The highest BCUT2D eigenvalue weighted by molar-refractivity contribution is 5.86. The molecule has 0 bridgehead atoms. The van der Waals surface area contributed by atoms with E-state index in [4.69, 9.17) is 15.9 Å². The monoisotopic (exact) mass is 449 g/mol. The smallest absolute Gasteiger partial charge is 0.305 e. The van der Waals surface area contributed by atoms with Crippen LogP contribution >= 0.6 is 0 Å². The molecule has 2 heterocycles. The Labute approximate surface area is 190 Å². The number of nitrogens with two attached hydrogens (primary N) is 1. The van der Waals surface area contributed by atoms with E-state index < -0.39 is 12.0 Å². The second kappa shape index (κ2) is 12.2. The van der Waals surface area contributed by atoms with Crippen molar-refractivity contribution >= 4 is 17.8 Å². The second-order valence-corrected chi connectivity index (χ2v) is 9.21. The fourth-order valence-electron chi connectivity index (χ4n) is 5.05. The number of nitrogens with one attached hydrogen (secondary N) is 2. The summed E-state index contributed by atoms with van der Waals surface area (Å²) in [7, 11) is 0. The van der Waals surface area contributed by atoms with E-state index in [1.54, 1.807) is 0 Å². The van der Waals surface area contributed by atoms with Crippen molar-refractivity contribution in [2.75, 3.05) is 26.2 Å². The van der Waals surface area contributed by atoms with E-state index in [0.717, 1.165) is 70.9 Å². The van der Waals surface area contributed by atoms with Crippen LogP contribution in [0.5, 0.6) is 0 Å². The molecule has 0 spiro atoms. The van der Waals surface area contributed by atoms with Gasteiger partial charge in [0.25, 0.3) is 0 Å². The van der Waals surface area contributed by atoms with Crippen LogP contribution in [0.2, 0.25) is 0 Å². The third-order valence-corrected chi connectivity index (χ3v) is 6.88. The average molecular weight is 450 g/mol. The summed E-state index contributed by atoms with van der Waals surface area (Å²) >= 11 is 0. The largest absolute Gasteiger partial charge is 0.481 e. The molecule has 5 N–H and O–H groups in total. The van der Waals surface area contributed by atoms with E-state index in [1.165, 1.54) is 0 Å². The van der Waals surface area contributed by atoms with Gasteiger partial charge in [0.15, 0.2) is 5.96 Å². The lowest BCUT2D eigenvalue weighted by molar-refractivity contribution is -0.145. The summed E-state index contributed by atoms with van der Waals surface area (Å²) in [5, 5.41) is 20.3. The summed E-state index contributed by atoms with van der Waals surface area (Å²) in [6.45, 7) is 2.76. The molecular formula is C23H39N5O4. The van der Waals surface area contributed by atoms with Crippen molar-refractivity contribution in [2.45, 2.75) is 88.4 Å². The average Bonchev–Trinajstić information content (AvgIpc) is 2.79. The number of piperidine rings is 2. The second-order valence-electron chi connectivity index (χ2n) is 9.21. The number of rotatable bonds is 9. The summed E-state index contributed by atoms with van der Waals surface area (Å²) < 4.78 is 6.10. The molecule has 1 amide bonds. The first kappa shape index (κ1) is 24.5. The minimum absolute atomic E-state index is 0.0820. The molecule has 0 saturated carbocycles. The maximum absolute atomic E-state index is 13.4. The van der Waals surface area contributed by atoms with Crippen LogP contribution in [-0.4, -0.2) is 83.2 Å². The van der Waals surface area contributed by atoms with E-state index in [-0.39, 0.29) is 36.5 Å². The molecule has 2 saturated heterocycles. The predicted octanol–water partition coefficient (Wildman–Crippen LogP) is 1.67. The Morgan fingerprint density at radius 1 is 1.16 bits per heavy atom. The Kier molecular flexibility index (Phi) is 9.35. The van der Waals surface area contributed by atoms with Crippen LogP contribution in [0, 0.1) is 5.41 Å². The van der Waals surface area contributed by atoms with Gasteiger partial charge in [-0.2, -0.15) is 0 Å². The van der Waals surface area contributed by atoms with Crippen molar-refractivity contribution < 1.29 is 19.4 Å². The van der Waals surface area contributed by atoms with Crippen LogP contribution < -0.4 is 11.1 Å². The number of carbonyl (C=O) groups is 2. The number of hydrogen-bond donors (Lipinski definition) is 4. The van der Waals surface area contributed by atoms with Crippen LogP contribution in [-0.2, 0) is 14.3 Å². The standard InChI is InChI=1S/C23H39N5O4/c24-23(25)27-13-9-19(10-14-27)32-15-11-18-8-4-5-12-28(18)22(31)20(16-21(29)30)26-17-6-2-1-3-7-17/h1-2,17-20,26H,3-16H2,(H3,24,25)(H,29,30)/t17?,18-,20-/m0/s1. The van der Waals surface area contributed by atoms with Gasteiger partial charge in [0.1, 0.15) is 0 Å². The molecular weight excluding hydrogens is 410 g/mol. The summed E-state index contributed by atoms with van der Waals surface area (Å²) in [6.07, 6.45) is 12.4. The highest BCUT2D eigenvalue weighted by Gasteiger charge is 2.34. The van der Waals surface area contributed by atoms with Crippen molar-refractivity contribution in [3.05, 3.63) is 12.2 Å². The maximum atomic E-state index is 13.4. The van der Waals surface area contributed by atoms with Crippen LogP contribution in [0.15, 0.2) is 12.2 Å². The SMILES string of the molecule is N=C(N)N1CCC(OCC[C@@H]2CCCCN2C(=O)[C@H](CC(=O)O)NC2CC=CCC2)CC1. The number of guanidine groups is 1. The van der Waals surface area contributed by atoms with Gasteiger partial charge in [0, 0.05) is 38.3 Å². The molecule has 180 valence electrons. The zero-order valence-corrected chi connectivity index (χ0v) is 19.0. The van der Waals surface area contributed by atoms with E-state index in [9.17, 15) is 14.7 Å². The van der Waals surface area contributed by atoms with Crippen LogP contribution in [0.25, 0.3) is 0 Å². The first-order valence-electron chi connectivity index (χ1n) is 12.1. The number of aliphatic carboxylic acids is 1. The van der Waals surface area contributed by atoms with Crippen LogP contribution in [0.1, 0.15) is 64.2 Å². The topological polar surface area (TPSA) is 132 Å². The molecule has 0 aromatic heterocycles. The number of nitrogens with zero attached hydrogens (tertiary/aromatic N) is 2. The van der Waals surface area contributed by atoms with E-state index in [2.05, 4.69) is 17.5 Å². The minimum Gasteiger partial charge on any atom is -0.481 e. The van der Waals surface area contributed by atoms with Crippen molar-refractivity contribution in [3.8, 4) is 0 Å². The summed E-state index contributed by atoms with van der Waals surface area (Å²) in [5.41, 5.74) is 5.55. The number of likely N-dealkylation sites (tertiary alicyclic amines) is 2. The molecule has 1 unspecified atom stereocenters. The first-order valence-corrected chi connectivity index (χ1v) is 12.1. The molecule has 9 nitrogen and oxygen atoms in total. The normalized spacial score (nSPS) is 25.5. The quantitative estimate of drug-likeness (QED) is 0.239. The molecule has 32 heavy (non-hydrogen) atoms. The van der Waals surface area contributed by atoms with Crippen molar-refractivity contribution in [2.24, 2.45) is 5.73 Å². The summed E-state index contributed by atoms with van der Waals surface area (Å²) in [4.78, 5) is 28.6. The Balaban J connectivity index is 1.51. The molecule has 0 aromatic rings. The van der Waals surface area contributed by atoms with Gasteiger partial charge in [-0.25, -0.2) is 0 Å². The van der Waals surface area contributed by atoms with Crippen LogP contribution in [0.3, 0.4) is 0 Å². The molecule has 2 fully saturated rings. The van der Waals surface area contributed by atoms with Crippen LogP contribution in [0.4, 0.5) is 0 Å². The Morgan fingerprint density at radius 2 is 1.94 bits per heavy atom. The van der Waals surface area contributed by atoms with Gasteiger partial charge in [0.05, 0.1) is 18.6 Å². The minimum atomic E-state index is -0.948. The lowest BCUT2D eigenvalue weighted by Gasteiger charge is -2.39. The lowest BCUT2D eigenvalue weighted by atomic mass is 9.96. The number of hydrogen-bond acceptors (Lipinski definition) is 5. The Bertz CT molecular complexity index is 677. The predicted molar refractivity (Wildman–Crippen MR) is 122 cm³/mol. The van der Waals surface area contributed by atoms with Gasteiger partial charge in [-0.1, -0.05) is 12.2 Å². The van der Waals surface area contributed by atoms with Gasteiger partial charge in [-0.05, 0) is 57.8 Å². The highest BCUT2D eigenvalue weighted by atomic mass is 16.5. The lowest BCUT2D eigenvalue weighted by Crippen LogP contribution is -2.55. The van der Waals surface area contributed by atoms with Gasteiger partial charge in [-0.3, -0.25) is 15.0 Å². The van der Waals surface area contributed by atoms with Gasteiger partial charge in [0.2, 0.25) is 5.91 Å². The molecule has 9 heteroatoms. The summed E-state index contributed by atoms with van der Waals surface area (Å²) in [6, 6.07) is -0.430. The zero-order valence-electron chi connectivity index (χ0n) is 19.0. The number of allylic oxidation sites excluding steroid dienone is 1. The third kappa shape index (κ3) is 7.20. The van der Waals surface area contributed by atoms with Crippen molar-refractivity contribution in [1.29, 1.82) is 5.41 Å². The third-order valence-electron chi connectivity index (χ3n) is 6.88. The van der Waals surface area contributed by atoms with E-state index >= 15 is 0 Å². The van der Waals surface area contributed by atoms with Gasteiger partial charge >= 0.3 is 5.97 Å². The number of carboxylic acid groups (broad SMARTS) is 1. The molecule has 2 aliphatic heterocycles. The summed E-state index contributed by atoms with van der Waals surface area (Å²) in [5.74, 6) is -0.911. The fraction of sp³-hybridized carbons (Fsp3) is 0.783. The Hall–Kier alpha value is -2.13. The maximum Gasteiger partial charge on any atom is 0.305 e. The molecule has 3 rings (SSSR count). The van der Waals surface area contributed by atoms with Crippen molar-refractivity contribution in [3.63, 3.8) is 0 Å². The molecule has 3 aliphatic rings. The Morgan fingerprint density at radius 3 is 2.59 bits per heavy atom. The molecule has 0 radical (unpaired) electrons. The molecule has 3 atom stereocenters. The number of carbonyl (C=O) groups excluding carboxylic acids is 1. The van der Waals surface area contributed by atoms with Crippen molar-refractivity contribution in [1.82, 2.24) is 15.1 Å². The van der Waals surface area contributed by atoms with E-state index in [1.807, 2.05) is 9.80 Å². The van der Waals surface area contributed by atoms with E-state index in [0.29, 0.717) is 13.2 Å².